The molecule has 0 aliphatic carbocycles. The molecule has 4 rings (SSSR count). The van der Waals surface area contributed by atoms with Crippen LogP contribution in [0.3, 0.4) is 0 Å². The SMILES string of the molecule is COc1cc(OC)c(NS(=O)(=O)c2cc(C(=O)Nc3ccc(N4CCOCC4)cc3)ccc2C)cc1Cl. The van der Waals surface area contributed by atoms with Crippen LogP contribution in [-0.4, -0.2) is 54.8 Å². The molecule has 1 saturated heterocycles. The summed E-state index contributed by atoms with van der Waals surface area (Å²) >= 11 is 6.19. The maximum atomic E-state index is 13.3. The quantitative estimate of drug-likeness (QED) is 0.427. The van der Waals surface area contributed by atoms with E-state index >= 15 is 0 Å². The number of carbonyl (C=O) groups is 1. The summed E-state index contributed by atoms with van der Waals surface area (Å²) in [5.41, 5.74) is 2.45. The molecule has 0 radical (unpaired) electrons. The lowest BCUT2D eigenvalue weighted by Crippen LogP contribution is -2.36. The van der Waals surface area contributed by atoms with E-state index in [9.17, 15) is 13.2 Å². The third-order valence-electron chi connectivity index (χ3n) is 5.96. The third kappa shape index (κ3) is 6.10. The smallest absolute Gasteiger partial charge is 0.262 e. The maximum absolute atomic E-state index is 13.3. The van der Waals surface area contributed by atoms with Crippen molar-refractivity contribution in [3.05, 3.63) is 70.7 Å². The highest BCUT2D eigenvalue weighted by atomic mass is 35.5. The Hall–Kier alpha value is -3.47. The van der Waals surface area contributed by atoms with Gasteiger partial charge in [-0.2, -0.15) is 0 Å². The number of rotatable bonds is 8. The molecule has 1 fully saturated rings. The number of halogens is 1. The Bertz CT molecular complexity index is 1390. The maximum Gasteiger partial charge on any atom is 0.262 e. The first kappa shape index (κ1) is 26.6. The van der Waals surface area contributed by atoms with Gasteiger partial charge in [0.1, 0.15) is 11.5 Å². The number of carbonyl (C=O) groups excluding carboxylic acids is 1. The average Bonchev–Trinajstić information content (AvgIpc) is 2.89. The highest BCUT2D eigenvalue weighted by molar-refractivity contribution is 7.92. The van der Waals surface area contributed by atoms with Gasteiger partial charge in [0.05, 0.1) is 43.0 Å². The molecular weight excluding hydrogens is 518 g/mol. The van der Waals surface area contributed by atoms with Gasteiger partial charge in [0.15, 0.2) is 0 Å². The Balaban J connectivity index is 1.53. The fourth-order valence-electron chi connectivity index (χ4n) is 3.95. The van der Waals surface area contributed by atoms with E-state index in [-0.39, 0.29) is 26.9 Å². The number of hydrogen-bond acceptors (Lipinski definition) is 7. The number of aryl methyl sites for hydroxylation is 1. The Morgan fingerprint density at radius 2 is 1.65 bits per heavy atom. The summed E-state index contributed by atoms with van der Waals surface area (Å²) in [7, 11) is -1.23. The molecule has 0 atom stereocenters. The average molecular weight is 546 g/mol. The number of sulfonamides is 1. The molecule has 1 aliphatic heterocycles. The number of ether oxygens (including phenoxy) is 3. The predicted molar refractivity (Wildman–Crippen MR) is 144 cm³/mol. The Morgan fingerprint density at radius 1 is 0.973 bits per heavy atom. The molecule has 3 aromatic carbocycles. The molecule has 9 nitrogen and oxygen atoms in total. The topological polar surface area (TPSA) is 106 Å². The van der Waals surface area contributed by atoms with Crippen molar-refractivity contribution in [1.29, 1.82) is 0 Å². The van der Waals surface area contributed by atoms with Gasteiger partial charge in [-0.1, -0.05) is 17.7 Å². The van der Waals surface area contributed by atoms with E-state index in [1.54, 1.807) is 19.1 Å². The fourth-order valence-corrected chi connectivity index (χ4v) is 5.52. The first-order valence-corrected chi connectivity index (χ1v) is 13.4. The Labute approximate surface area is 221 Å². The van der Waals surface area contributed by atoms with Gasteiger partial charge < -0.3 is 24.4 Å². The van der Waals surface area contributed by atoms with Crippen molar-refractivity contribution in [1.82, 2.24) is 0 Å². The molecule has 1 heterocycles. The van der Waals surface area contributed by atoms with E-state index in [1.807, 2.05) is 24.3 Å². The summed E-state index contributed by atoms with van der Waals surface area (Å²) in [6, 6.07) is 14.9. The van der Waals surface area contributed by atoms with Gasteiger partial charge in [0.25, 0.3) is 15.9 Å². The monoisotopic (exact) mass is 545 g/mol. The number of amides is 1. The lowest BCUT2D eigenvalue weighted by molar-refractivity contribution is 0.102. The minimum Gasteiger partial charge on any atom is -0.495 e. The molecule has 1 aliphatic rings. The second kappa shape index (κ2) is 11.3. The van der Waals surface area contributed by atoms with Crippen molar-refractivity contribution in [2.24, 2.45) is 0 Å². The molecule has 37 heavy (non-hydrogen) atoms. The molecule has 0 aromatic heterocycles. The van der Waals surface area contributed by atoms with Gasteiger partial charge >= 0.3 is 0 Å². The summed E-state index contributed by atoms with van der Waals surface area (Å²) in [6.45, 7) is 4.65. The van der Waals surface area contributed by atoms with E-state index < -0.39 is 15.9 Å². The van der Waals surface area contributed by atoms with E-state index in [2.05, 4.69) is 14.9 Å². The van der Waals surface area contributed by atoms with Crippen molar-refractivity contribution in [3.63, 3.8) is 0 Å². The minimum absolute atomic E-state index is 0.0446. The number of hydrogen-bond donors (Lipinski definition) is 2. The summed E-state index contributed by atoms with van der Waals surface area (Å²) in [5.74, 6) is 0.145. The van der Waals surface area contributed by atoms with E-state index in [1.165, 1.54) is 32.4 Å². The first-order chi connectivity index (χ1) is 17.7. The Morgan fingerprint density at radius 3 is 2.30 bits per heavy atom. The third-order valence-corrected chi connectivity index (χ3v) is 7.76. The van der Waals surface area contributed by atoms with Crippen molar-refractivity contribution >= 4 is 44.6 Å². The van der Waals surface area contributed by atoms with Crippen molar-refractivity contribution in [2.45, 2.75) is 11.8 Å². The first-order valence-electron chi connectivity index (χ1n) is 11.5. The molecule has 11 heteroatoms. The van der Waals surface area contributed by atoms with Crippen molar-refractivity contribution in [2.75, 3.05) is 55.5 Å². The van der Waals surface area contributed by atoms with Gasteiger partial charge in [0, 0.05) is 36.1 Å². The largest absolute Gasteiger partial charge is 0.495 e. The summed E-state index contributed by atoms with van der Waals surface area (Å²) in [4.78, 5) is 15.1. The van der Waals surface area contributed by atoms with Crippen molar-refractivity contribution < 1.29 is 27.4 Å². The van der Waals surface area contributed by atoms with Crippen molar-refractivity contribution in [3.8, 4) is 11.5 Å². The number of morpholine rings is 1. The molecule has 196 valence electrons. The molecular formula is C26H28ClN3O6S. The molecule has 0 saturated carbocycles. The van der Waals surface area contributed by atoms with Crippen LogP contribution < -0.4 is 24.4 Å². The molecule has 3 aromatic rings. The van der Waals surface area contributed by atoms with Gasteiger partial charge in [-0.3, -0.25) is 9.52 Å². The highest BCUT2D eigenvalue weighted by Gasteiger charge is 2.22. The van der Waals surface area contributed by atoms with Gasteiger partial charge in [-0.25, -0.2) is 8.42 Å². The molecule has 0 spiro atoms. The number of nitrogens with zero attached hydrogens (tertiary/aromatic N) is 1. The highest BCUT2D eigenvalue weighted by Crippen LogP contribution is 2.37. The van der Waals surface area contributed by atoms with Crippen LogP contribution in [0.4, 0.5) is 17.1 Å². The van der Waals surface area contributed by atoms with Crippen LogP contribution in [0.15, 0.2) is 59.5 Å². The normalized spacial score (nSPS) is 13.7. The zero-order chi connectivity index (χ0) is 26.6. The van der Waals surface area contributed by atoms with Crippen LogP contribution in [0.1, 0.15) is 15.9 Å². The fraction of sp³-hybridized carbons (Fsp3) is 0.269. The number of benzene rings is 3. The van der Waals surface area contributed by atoms with Gasteiger partial charge in [-0.15, -0.1) is 0 Å². The minimum atomic E-state index is -4.09. The predicted octanol–water partition coefficient (Wildman–Crippen LogP) is 4.56. The van der Waals surface area contributed by atoms with Crippen LogP contribution in [0.5, 0.6) is 11.5 Å². The number of nitrogens with one attached hydrogen (secondary N) is 2. The van der Waals surface area contributed by atoms with E-state index in [0.717, 1.165) is 18.8 Å². The van der Waals surface area contributed by atoms with Crippen LogP contribution in [0, 0.1) is 6.92 Å². The Kier molecular flexibility index (Phi) is 8.11. The van der Waals surface area contributed by atoms with Crippen LogP contribution >= 0.6 is 11.6 Å². The van der Waals surface area contributed by atoms with Crippen LogP contribution in [0.2, 0.25) is 5.02 Å². The van der Waals surface area contributed by atoms with Crippen LogP contribution in [-0.2, 0) is 14.8 Å². The lowest BCUT2D eigenvalue weighted by Gasteiger charge is -2.28. The van der Waals surface area contributed by atoms with E-state index in [4.69, 9.17) is 25.8 Å². The lowest BCUT2D eigenvalue weighted by atomic mass is 10.1. The summed E-state index contributed by atoms with van der Waals surface area (Å²) < 4.78 is 44.9. The van der Waals surface area contributed by atoms with Gasteiger partial charge in [-0.05, 0) is 55.0 Å². The number of methoxy groups -OCH3 is 2. The summed E-state index contributed by atoms with van der Waals surface area (Å²) in [5, 5.41) is 3.04. The molecule has 2 N–H and O–H groups in total. The summed E-state index contributed by atoms with van der Waals surface area (Å²) in [6.07, 6.45) is 0. The molecule has 0 unspecified atom stereocenters. The second-order valence-electron chi connectivity index (χ2n) is 8.37. The molecule has 0 bridgehead atoms. The zero-order valence-corrected chi connectivity index (χ0v) is 22.3. The second-order valence-corrected chi connectivity index (χ2v) is 10.4. The zero-order valence-electron chi connectivity index (χ0n) is 20.7. The molecule has 1 amide bonds. The van der Waals surface area contributed by atoms with E-state index in [0.29, 0.717) is 30.2 Å². The standard InChI is InChI=1S/C26H28ClN3O6S/c1-17-4-5-18(26(31)28-19-6-8-20(9-7-19)30-10-12-36-13-11-30)14-25(17)37(32,33)29-22-15-21(27)23(34-2)16-24(22)35-3/h4-9,14-16,29H,10-13H2,1-3H3,(H,28,31). The van der Waals surface area contributed by atoms with Crippen LogP contribution in [0.25, 0.3) is 0 Å². The number of anilines is 3. The van der Waals surface area contributed by atoms with Gasteiger partial charge in [0.2, 0.25) is 0 Å².